The van der Waals surface area contributed by atoms with Crippen molar-refractivity contribution in [1.29, 1.82) is 0 Å². The van der Waals surface area contributed by atoms with Crippen LogP contribution in [0.1, 0.15) is 450 Å². The number of phosphoric ester groups is 1. The molecule has 10 heteroatoms. The summed E-state index contributed by atoms with van der Waals surface area (Å²) in [5, 5.41) is 0. The van der Waals surface area contributed by atoms with Crippen LogP contribution in [-0.2, 0) is 32.7 Å². The van der Waals surface area contributed by atoms with Crippen molar-refractivity contribution in [2.24, 2.45) is 0 Å². The first-order valence-electron chi connectivity index (χ1n) is 45.3. The van der Waals surface area contributed by atoms with E-state index in [4.69, 9.17) is 18.5 Å². The van der Waals surface area contributed by atoms with Crippen molar-refractivity contribution in [2.75, 3.05) is 47.5 Å². The average molecular weight is 1480 g/mol. The van der Waals surface area contributed by atoms with E-state index in [2.05, 4.69) is 98.9 Å². The fraction of sp³-hybridized carbons (Fsp3) is 0.830. The van der Waals surface area contributed by atoms with E-state index in [1.54, 1.807) is 0 Å². The van der Waals surface area contributed by atoms with Gasteiger partial charge in [0.15, 0.2) is 6.10 Å². The van der Waals surface area contributed by atoms with Crippen LogP contribution < -0.4 is 4.89 Å². The molecule has 2 unspecified atom stereocenters. The molecule has 0 aliphatic carbocycles. The highest BCUT2D eigenvalue weighted by molar-refractivity contribution is 7.45. The molecule has 9 nitrogen and oxygen atoms in total. The highest BCUT2D eigenvalue weighted by Gasteiger charge is 2.22. The summed E-state index contributed by atoms with van der Waals surface area (Å²) in [4.78, 5) is 38.3. The zero-order valence-electron chi connectivity index (χ0n) is 69.7. The average Bonchev–Trinajstić information content (AvgIpc) is 0.915. The van der Waals surface area contributed by atoms with Gasteiger partial charge in [-0.1, -0.05) is 433 Å². The molecule has 0 heterocycles. The molecule has 608 valence electrons. The number of hydrogen-bond donors (Lipinski definition) is 0. The summed E-state index contributed by atoms with van der Waals surface area (Å²) in [5.74, 6) is -0.808. The Bertz CT molecular complexity index is 2040. The molecule has 0 spiro atoms. The number of carbonyl (C=O) groups is 2. The predicted molar refractivity (Wildman–Crippen MR) is 453 cm³/mol. The van der Waals surface area contributed by atoms with Crippen LogP contribution in [0.3, 0.4) is 0 Å². The third-order valence-electron chi connectivity index (χ3n) is 20.4. The normalized spacial score (nSPS) is 13.3. The standard InChI is InChI=1S/C94H174NO8P/c1-6-8-10-12-14-16-18-20-22-24-26-28-30-32-34-36-38-40-42-44-46-47-49-50-52-54-56-58-60-62-64-66-68-70-72-74-76-78-80-82-84-86-93(96)100-90-92(91-102-104(98,99)101-89-88-95(3,4)5)103-94(97)87-85-83-81-79-77-75-73-71-69-67-65-63-61-59-57-55-53-51-48-45-43-41-39-37-35-33-31-29-27-25-23-21-19-17-15-13-11-9-7-2/h9,11,15,17-18,20-21,23-24,26-27,29,33,35,92H,6-8,10,12-14,16,19,22,25,28,30-32,34,36-91H2,1-5H3/b11-9-,17-15-,20-18-,23-21-,26-24-,29-27-,35-33-. The molecule has 0 aromatic rings. The quantitative estimate of drug-likeness (QED) is 0.0195. The van der Waals surface area contributed by atoms with Crippen LogP contribution >= 0.6 is 7.82 Å². The van der Waals surface area contributed by atoms with Crippen molar-refractivity contribution < 1.29 is 42.1 Å². The van der Waals surface area contributed by atoms with E-state index >= 15 is 0 Å². The summed E-state index contributed by atoms with van der Waals surface area (Å²) in [6.45, 7) is 4.19. The van der Waals surface area contributed by atoms with E-state index in [-0.39, 0.29) is 32.0 Å². The van der Waals surface area contributed by atoms with Gasteiger partial charge >= 0.3 is 11.9 Å². The molecular weight excluding hydrogens is 1300 g/mol. The van der Waals surface area contributed by atoms with E-state index in [0.29, 0.717) is 17.4 Å². The van der Waals surface area contributed by atoms with E-state index in [1.807, 2.05) is 21.1 Å². The van der Waals surface area contributed by atoms with E-state index < -0.39 is 26.5 Å². The van der Waals surface area contributed by atoms with Crippen LogP contribution in [0.4, 0.5) is 0 Å². The maximum atomic E-state index is 12.9. The Morgan fingerprint density at radius 1 is 0.308 bits per heavy atom. The second kappa shape index (κ2) is 84.2. The van der Waals surface area contributed by atoms with Gasteiger partial charge in [-0.3, -0.25) is 14.2 Å². The monoisotopic (exact) mass is 1480 g/mol. The first kappa shape index (κ1) is 101. The lowest BCUT2D eigenvalue weighted by Crippen LogP contribution is -2.37. The third-order valence-corrected chi connectivity index (χ3v) is 21.4. The van der Waals surface area contributed by atoms with Crippen LogP contribution in [-0.4, -0.2) is 70.0 Å². The fourth-order valence-electron chi connectivity index (χ4n) is 13.5. The highest BCUT2D eigenvalue weighted by Crippen LogP contribution is 2.38. The van der Waals surface area contributed by atoms with Gasteiger partial charge < -0.3 is 27.9 Å². The number of allylic oxidation sites excluding steroid dienone is 14. The van der Waals surface area contributed by atoms with E-state index in [9.17, 15) is 19.0 Å². The Hall–Kier alpha value is -2.81. The molecule has 0 radical (unpaired) electrons. The SMILES string of the molecule is CC/C=C\C/C=C\C/C=C\C/C=C\C/C=C\CCCCCCCCCCCCCCCCCCCCCCCCCC(=O)OC(COC(=O)CCCCCCCCCCCCCCCCCCCCCCCCCCCCCCC/C=C\C/C=C\CCCCCCC)COP(=O)([O-])OCC[N+](C)(C)C. The van der Waals surface area contributed by atoms with Gasteiger partial charge in [0.1, 0.15) is 19.8 Å². The Morgan fingerprint density at radius 2 is 0.548 bits per heavy atom. The second-order valence-corrected chi connectivity index (χ2v) is 33.3. The lowest BCUT2D eigenvalue weighted by atomic mass is 10.0. The number of phosphoric acid groups is 1. The summed E-state index contributed by atoms with van der Waals surface area (Å²) in [6, 6.07) is 0. The third kappa shape index (κ3) is 88.1. The van der Waals surface area contributed by atoms with Gasteiger partial charge in [-0.2, -0.15) is 0 Å². The molecular formula is C94H174NO8P. The number of nitrogens with zero attached hydrogens (tertiary/aromatic N) is 1. The molecule has 0 N–H and O–H groups in total. The van der Waals surface area contributed by atoms with Gasteiger partial charge in [0.05, 0.1) is 27.7 Å². The molecule has 0 rings (SSSR count). The Morgan fingerprint density at radius 3 is 0.817 bits per heavy atom. The van der Waals surface area contributed by atoms with Crippen LogP contribution in [0.25, 0.3) is 0 Å². The molecule has 0 saturated carbocycles. The zero-order valence-corrected chi connectivity index (χ0v) is 70.6. The number of hydrogen-bond acceptors (Lipinski definition) is 8. The van der Waals surface area contributed by atoms with Gasteiger partial charge in [-0.05, 0) is 89.9 Å². The molecule has 104 heavy (non-hydrogen) atoms. The maximum absolute atomic E-state index is 12.9. The lowest BCUT2D eigenvalue weighted by molar-refractivity contribution is -0.870. The van der Waals surface area contributed by atoms with Gasteiger partial charge in [0, 0.05) is 12.8 Å². The van der Waals surface area contributed by atoms with Crippen molar-refractivity contribution >= 4 is 19.8 Å². The summed E-state index contributed by atoms with van der Waals surface area (Å²) in [7, 11) is 1.19. The number of carbonyl (C=O) groups excluding carboxylic acids is 2. The molecule has 0 aliphatic rings. The van der Waals surface area contributed by atoms with Crippen molar-refractivity contribution in [2.45, 2.75) is 457 Å². The van der Waals surface area contributed by atoms with Gasteiger partial charge in [-0.25, -0.2) is 0 Å². The minimum absolute atomic E-state index is 0.0287. The van der Waals surface area contributed by atoms with E-state index in [1.165, 1.54) is 347 Å². The fourth-order valence-corrected chi connectivity index (χ4v) is 14.3. The number of esters is 2. The number of rotatable bonds is 85. The summed E-state index contributed by atoms with van der Waals surface area (Å²) in [5.41, 5.74) is 0. The second-order valence-electron chi connectivity index (χ2n) is 31.9. The molecule has 0 saturated heterocycles. The van der Waals surface area contributed by atoms with Crippen LogP contribution in [0.2, 0.25) is 0 Å². The zero-order chi connectivity index (χ0) is 75.4. The largest absolute Gasteiger partial charge is 0.756 e. The smallest absolute Gasteiger partial charge is 0.306 e. The Labute approximate surface area is 647 Å². The topological polar surface area (TPSA) is 111 Å². The Kier molecular flexibility index (Phi) is 81.9. The number of likely N-dealkylation sites (N-methyl/N-ethyl adjacent to an activating group) is 1. The molecule has 0 aromatic carbocycles. The minimum atomic E-state index is -4.65. The van der Waals surface area contributed by atoms with Crippen molar-refractivity contribution in [3.63, 3.8) is 0 Å². The van der Waals surface area contributed by atoms with Crippen molar-refractivity contribution in [3.8, 4) is 0 Å². The van der Waals surface area contributed by atoms with Gasteiger partial charge in [0.25, 0.3) is 7.82 Å². The number of unbranched alkanes of at least 4 members (excludes halogenated alkanes) is 57. The van der Waals surface area contributed by atoms with Crippen LogP contribution in [0.5, 0.6) is 0 Å². The molecule has 0 aromatic heterocycles. The molecule has 2 atom stereocenters. The van der Waals surface area contributed by atoms with Crippen LogP contribution in [0.15, 0.2) is 85.1 Å². The summed E-state index contributed by atoms with van der Waals surface area (Å²) < 4.78 is 34.5. The van der Waals surface area contributed by atoms with Gasteiger partial charge in [-0.15, -0.1) is 0 Å². The minimum Gasteiger partial charge on any atom is -0.756 e. The summed E-state index contributed by atoms with van der Waals surface area (Å²) >= 11 is 0. The maximum Gasteiger partial charge on any atom is 0.306 e. The molecule has 0 fully saturated rings. The van der Waals surface area contributed by atoms with Crippen molar-refractivity contribution in [3.05, 3.63) is 85.1 Å². The first-order valence-corrected chi connectivity index (χ1v) is 46.8. The molecule has 0 amide bonds. The predicted octanol–water partition coefficient (Wildman–Crippen LogP) is 30.1. The lowest BCUT2D eigenvalue weighted by Gasteiger charge is -2.28. The van der Waals surface area contributed by atoms with E-state index in [0.717, 1.165) is 70.6 Å². The Balaban J connectivity index is 3.84. The molecule has 0 bridgehead atoms. The number of ether oxygens (including phenoxy) is 2. The van der Waals surface area contributed by atoms with Crippen molar-refractivity contribution in [1.82, 2.24) is 0 Å². The first-order chi connectivity index (χ1) is 51.0. The van der Waals surface area contributed by atoms with Gasteiger partial charge in [0.2, 0.25) is 0 Å². The summed E-state index contributed by atoms with van der Waals surface area (Å²) in [6.07, 6.45) is 118. The number of quaternary nitrogens is 1. The highest BCUT2D eigenvalue weighted by atomic mass is 31.2. The molecule has 0 aliphatic heterocycles. The van der Waals surface area contributed by atoms with Crippen LogP contribution in [0, 0.1) is 0 Å².